The number of methoxy groups -OCH3 is 1. The van der Waals surface area contributed by atoms with Gasteiger partial charge in [0, 0.05) is 31.2 Å². The van der Waals surface area contributed by atoms with Gasteiger partial charge in [0.05, 0.1) is 13.4 Å². The van der Waals surface area contributed by atoms with Crippen molar-refractivity contribution in [2.45, 2.75) is 12.0 Å². The Morgan fingerprint density at radius 1 is 1.33 bits per heavy atom. The SMILES string of the molecule is COc1ccc2c(c1)OCC1(CNC=N1)C2.O=C(O)/C=C/C(=O)O. The standard InChI is InChI=1S/C12H14N2O2.C4H4O4/c1-15-10-3-2-9-5-12(6-13-8-14-12)7-16-11(9)4-10;5-3(6)1-2-4(7)8/h2-4,8H,5-7H2,1H3,(H,13,14);1-2H,(H,5,6)(H,7,8)/b;2-1+. The van der Waals surface area contributed by atoms with Crippen molar-refractivity contribution in [2.24, 2.45) is 4.99 Å². The first-order chi connectivity index (χ1) is 11.4. The fourth-order valence-corrected chi connectivity index (χ4v) is 2.36. The third-order valence-corrected chi connectivity index (χ3v) is 3.52. The maximum absolute atomic E-state index is 9.55. The number of aliphatic imine (C=N–C) groups is 1. The van der Waals surface area contributed by atoms with E-state index in [1.807, 2.05) is 12.1 Å². The molecule has 24 heavy (non-hydrogen) atoms. The number of aliphatic carboxylic acids is 2. The summed E-state index contributed by atoms with van der Waals surface area (Å²) in [6.07, 6.45) is 3.82. The number of benzene rings is 1. The second-order valence-electron chi connectivity index (χ2n) is 5.31. The van der Waals surface area contributed by atoms with E-state index < -0.39 is 11.9 Å². The molecule has 1 aromatic carbocycles. The van der Waals surface area contributed by atoms with Gasteiger partial charge in [-0.3, -0.25) is 4.99 Å². The molecule has 2 aliphatic rings. The molecule has 2 aliphatic heterocycles. The van der Waals surface area contributed by atoms with Crippen molar-refractivity contribution in [2.75, 3.05) is 20.3 Å². The minimum Gasteiger partial charge on any atom is -0.497 e. The second-order valence-corrected chi connectivity index (χ2v) is 5.31. The third-order valence-electron chi connectivity index (χ3n) is 3.52. The zero-order chi connectivity index (χ0) is 17.6. The largest absolute Gasteiger partial charge is 0.497 e. The molecule has 0 radical (unpaired) electrons. The quantitative estimate of drug-likeness (QED) is 0.697. The van der Waals surface area contributed by atoms with Crippen LogP contribution in [0.3, 0.4) is 0 Å². The summed E-state index contributed by atoms with van der Waals surface area (Å²) in [4.78, 5) is 23.6. The van der Waals surface area contributed by atoms with Crippen LogP contribution in [0.5, 0.6) is 11.5 Å². The van der Waals surface area contributed by atoms with Crippen molar-refractivity contribution in [3.63, 3.8) is 0 Å². The number of hydrogen-bond donors (Lipinski definition) is 3. The second kappa shape index (κ2) is 7.49. The van der Waals surface area contributed by atoms with Crippen LogP contribution in [0.4, 0.5) is 0 Å². The Kier molecular flexibility index (Phi) is 5.41. The maximum Gasteiger partial charge on any atom is 0.328 e. The van der Waals surface area contributed by atoms with Gasteiger partial charge in [0.15, 0.2) is 0 Å². The molecular formula is C16H18N2O6. The highest BCUT2D eigenvalue weighted by Crippen LogP contribution is 2.34. The molecule has 0 amide bonds. The van der Waals surface area contributed by atoms with Crippen LogP contribution in [0.1, 0.15) is 5.56 Å². The van der Waals surface area contributed by atoms with E-state index >= 15 is 0 Å². The van der Waals surface area contributed by atoms with Crippen molar-refractivity contribution < 1.29 is 29.3 Å². The highest BCUT2D eigenvalue weighted by atomic mass is 16.5. The highest BCUT2D eigenvalue weighted by molar-refractivity contribution is 5.89. The molecule has 2 heterocycles. The van der Waals surface area contributed by atoms with E-state index in [2.05, 4.69) is 16.4 Å². The average Bonchev–Trinajstić information content (AvgIpc) is 3.01. The molecule has 0 bridgehead atoms. The summed E-state index contributed by atoms with van der Waals surface area (Å²) in [6.45, 7) is 1.50. The van der Waals surface area contributed by atoms with E-state index in [1.165, 1.54) is 5.56 Å². The van der Waals surface area contributed by atoms with E-state index in [0.717, 1.165) is 24.5 Å². The van der Waals surface area contributed by atoms with Crippen LogP contribution >= 0.6 is 0 Å². The maximum atomic E-state index is 9.55. The van der Waals surface area contributed by atoms with Gasteiger partial charge in [-0.25, -0.2) is 9.59 Å². The number of carboxylic acids is 2. The van der Waals surface area contributed by atoms with E-state index in [9.17, 15) is 9.59 Å². The van der Waals surface area contributed by atoms with E-state index in [4.69, 9.17) is 19.7 Å². The molecule has 1 spiro atoms. The lowest BCUT2D eigenvalue weighted by atomic mass is 9.90. The molecule has 1 unspecified atom stereocenters. The average molecular weight is 334 g/mol. The summed E-state index contributed by atoms with van der Waals surface area (Å²) in [5.41, 5.74) is 1.11. The Morgan fingerprint density at radius 3 is 2.58 bits per heavy atom. The van der Waals surface area contributed by atoms with Crippen LogP contribution in [0.2, 0.25) is 0 Å². The Labute approximate surface area is 138 Å². The smallest absolute Gasteiger partial charge is 0.328 e. The highest BCUT2D eigenvalue weighted by Gasteiger charge is 2.37. The van der Waals surface area contributed by atoms with Gasteiger partial charge >= 0.3 is 11.9 Å². The summed E-state index contributed by atoms with van der Waals surface area (Å²) in [7, 11) is 1.66. The van der Waals surface area contributed by atoms with E-state index in [-0.39, 0.29) is 5.54 Å². The van der Waals surface area contributed by atoms with Crippen LogP contribution in [-0.4, -0.2) is 54.3 Å². The van der Waals surface area contributed by atoms with Gasteiger partial charge in [-0.15, -0.1) is 0 Å². The molecule has 128 valence electrons. The topological polar surface area (TPSA) is 117 Å². The van der Waals surface area contributed by atoms with Gasteiger partial charge in [-0.2, -0.15) is 0 Å². The van der Waals surface area contributed by atoms with Crippen LogP contribution in [0.15, 0.2) is 35.3 Å². The van der Waals surface area contributed by atoms with Crippen LogP contribution < -0.4 is 14.8 Å². The number of ether oxygens (including phenoxy) is 2. The predicted molar refractivity (Wildman–Crippen MR) is 85.8 cm³/mol. The Morgan fingerprint density at radius 2 is 2.04 bits per heavy atom. The van der Waals surface area contributed by atoms with Crippen LogP contribution in [0.25, 0.3) is 0 Å². The lowest BCUT2D eigenvalue weighted by Crippen LogP contribution is -2.43. The van der Waals surface area contributed by atoms with Crippen molar-refractivity contribution in [3.05, 3.63) is 35.9 Å². The van der Waals surface area contributed by atoms with Gasteiger partial charge in [0.1, 0.15) is 23.6 Å². The zero-order valence-electron chi connectivity index (χ0n) is 13.1. The Hall–Kier alpha value is -3.03. The van der Waals surface area contributed by atoms with Gasteiger partial charge in [-0.05, 0) is 11.6 Å². The fraction of sp³-hybridized carbons (Fsp3) is 0.312. The molecule has 8 heteroatoms. The minimum atomic E-state index is -1.26. The monoisotopic (exact) mass is 334 g/mol. The van der Waals surface area contributed by atoms with Crippen LogP contribution in [0, 0.1) is 0 Å². The molecular weight excluding hydrogens is 316 g/mol. The first kappa shape index (κ1) is 17.3. The minimum absolute atomic E-state index is 0.0956. The zero-order valence-corrected chi connectivity index (χ0v) is 13.1. The lowest BCUT2D eigenvalue weighted by Gasteiger charge is -2.31. The van der Waals surface area contributed by atoms with Crippen molar-refractivity contribution in [3.8, 4) is 11.5 Å². The van der Waals surface area contributed by atoms with Crippen molar-refractivity contribution >= 4 is 18.3 Å². The van der Waals surface area contributed by atoms with Crippen molar-refractivity contribution in [1.82, 2.24) is 5.32 Å². The summed E-state index contributed by atoms with van der Waals surface area (Å²) in [6, 6.07) is 5.96. The van der Waals surface area contributed by atoms with Gasteiger partial charge in [0.2, 0.25) is 0 Å². The number of carboxylic acid groups (broad SMARTS) is 2. The van der Waals surface area contributed by atoms with Gasteiger partial charge in [-0.1, -0.05) is 6.07 Å². The fourth-order valence-electron chi connectivity index (χ4n) is 2.36. The molecule has 0 fully saturated rings. The number of carbonyl (C=O) groups is 2. The Balaban J connectivity index is 0.000000224. The molecule has 0 aliphatic carbocycles. The number of nitrogens with zero attached hydrogens (tertiary/aromatic N) is 1. The lowest BCUT2D eigenvalue weighted by molar-refractivity contribution is -0.134. The molecule has 0 saturated carbocycles. The van der Waals surface area contributed by atoms with Gasteiger partial charge < -0.3 is 25.0 Å². The Bertz CT molecular complexity index is 669. The summed E-state index contributed by atoms with van der Waals surface area (Å²) in [5, 5.41) is 18.8. The summed E-state index contributed by atoms with van der Waals surface area (Å²) >= 11 is 0. The number of nitrogens with one attached hydrogen (secondary N) is 1. The molecule has 3 rings (SSSR count). The third kappa shape index (κ3) is 4.48. The first-order valence-electron chi connectivity index (χ1n) is 7.15. The number of hydrogen-bond acceptors (Lipinski definition) is 6. The first-order valence-corrected chi connectivity index (χ1v) is 7.15. The summed E-state index contributed by atoms with van der Waals surface area (Å²) < 4.78 is 10.9. The molecule has 0 saturated heterocycles. The molecule has 8 nitrogen and oxygen atoms in total. The normalized spacial score (nSPS) is 20.5. The summed E-state index contributed by atoms with van der Waals surface area (Å²) in [5.74, 6) is -0.755. The van der Waals surface area contributed by atoms with E-state index in [0.29, 0.717) is 18.8 Å². The number of rotatable bonds is 3. The van der Waals surface area contributed by atoms with E-state index in [1.54, 1.807) is 13.4 Å². The van der Waals surface area contributed by atoms with Crippen LogP contribution in [-0.2, 0) is 16.0 Å². The van der Waals surface area contributed by atoms with Gasteiger partial charge in [0.25, 0.3) is 0 Å². The van der Waals surface area contributed by atoms with Crippen molar-refractivity contribution in [1.29, 1.82) is 0 Å². The molecule has 1 atom stereocenters. The molecule has 0 aromatic heterocycles. The predicted octanol–water partition coefficient (Wildman–Crippen LogP) is 0.712. The molecule has 1 aromatic rings. The molecule has 3 N–H and O–H groups in total. The number of fused-ring (bicyclic) bond motifs is 1.